The van der Waals surface area contributed by atoms with Gasteiger partial charge in [-0.05, 0) is 6.42 Å². The maximum absolute atomic E-state index is 11.1. The van der Waals surface area contributed by atoms with Crippen LogP contribution in [0.4, 0.5) is 0 Å². The van der Waals surface area contributed by atoms with Gasteiger partial charge in [-0.2, -0.15) is 8.42 Å². The van der Waals surface area contributed by atoms with E-state index in [1.54, 1.807) is 0 Å². The van der Waals surface area contributed by atoms with E-state index in [-0.39, 0.29) is 13.0 Å². The zero-order valence-corrected chi connectivity index (χ0v) is 25.6. The second-order valence-electron chi connectivity index (χ2n) is 11.6. The largest absolute Gasteiger partial charge is 0.394 e. The van der Waals surface area contributed by atoms with E-state index in [0.29, 0.717) is 0 Å². The first-order valence-corrected chi connectivity index (χ1v) is 15.9. The quantitative estimate of drug-likeness (QED) is 0.0986. The normalized spacial score (nSPS) is 49.3. The third-order valence-electron chi connectivity index (χ3n) is 8.34. The summed E-state index contributed by atoms with van der Waals surface area (Å²) in [6, 6.07) is -4.58. The molecule has 20 N–H and O–H groups in total. The van der Waals surface area contributed by atoms with Gasteiger partial charge in [0.05, 0.1) is 37.4 Å². The zero-order valence-electron chi connectivity index (χ0n) is 24.8. The highest BCUT2D eigenvalue weighted by molar-refractivity contribution is 7.79. The summed E-state index contributed by atoms with van der Waals surface area (Å²) in [5.41, 5.74) is 30.1. The summed E-state index contributed by atoms with van der Waals surface area (Å²) in [5, 5.41) is 81.9. The van der Waals surface area contributed by atoms with Gasteiger partial charge in [0.2, 0.25) is 0 Å². The van der Waals surface area contributed by atoms with E-state index in [1.807, 2.05) is 0 Å². The monoisotopic (exact) mass is 713 g/mol. The Morgan fingerprint density at radius 3 is 1.51 bits per heavy atom. The van der Waals surface area contributed by atoms with Crippen molar-refractivity contribution >= 4 is 10.4 Å². The maximum atomic E-state index is 11.1. The third kappa shape index (κ3) is 9.67. The minimum Gasteiger partial charge on any atom is -0.394 e. The van der Waals surface area contributed by atoms with Crippen molar-refractivity contribution in [3.63, 3.8) is 0 Å². The van der Waals surface area contributed by atoms with Crippen molar-refractivity contribution in [1.29, 1.82) is 0 Å². The topological polar surface area (TPSA) is 422 Å². The molecule has 0 amide bonds. The van der Waals surface area contributed by atoms with Crippen molar-refractivity contribution in [2.24, 2.45) is 28.7 Å². The first-order valence-electron chi connectivity index (χ1n) is 14.5. The molecule has 3 saturated heterocycles. The van der Waals surface area contributed by atoms with Crippen molar-refractivity contribution in [2.75, 3.05) is 19.8 Å². The molecule has 3 aliphatic heterocycles. The van der Waals surface area contributed by atoms with Gasteiger partial charge in [-0.3, -0.25) is 9.11 Å². The fraction of sp³-hybridized carbons (Fsp3) is 1.00. The molecule has 278 valence electrons. The van der Waals surface area contributed by atoms with E-state index in [1.165, 1.54) is 0 Å². The Kier molecular flexibility index (Phi) is 14.6. The van der Waals surface area contributed by atoms with Crippen LogP contribution in [0.25, 0.3) is 0 Å². The summed E-state index contributed by atoms with van der Waals surface area (Å²) in [6.07, 6.45) is -20.1. The fourth-order valence-electron chi connectivity index (χ4n) is 5.69. The molecule has 0 spiro atoms. The Morgan fingerprint density at radius 1 is 0.596 bits per heavy atom. The van der Waals surface area contributed by atoms with Crippen LogP contribution in [0.5, 0.6) is 0 Å². The lowest BCUT2D eigenvalue weighted by Gasteiger charge is -2.47. The smallest absolute Gasteiger partial charge is 0.394 e. The molecule has 23 nitrogen and oxygen atoms in total. The second kappa shape index (κ2) is 16.9. The van der Waals surface area contributed by atoms with Crippen molar-refractivity contribution in [3.8, 4) is 0 Å². The summed E-state index contributed by atoms with van der Waals surface area (Å²) in [6.45, 7) is -1.47. The first-order chi connectivity index (χ1) is 21.8. The summed E-state index contributed by atoms with van der Waals surface area (Å²) in [7, 11) is -4.67. The van der Waals surface area contributed by atoms with Gasteiger partial charge in [0.15, 0.2) is 18.9 Å². The highest BCUT2D eigenvalue weighted by Gasteiger charge is 2.54. The molecule has 19 atom stereocenters. The number of aliphatic hydroxyl groups excluding tert-OH is 8. The first kappa shape index (κ1) is 40.5. The molecule has 1 unspecified atom stereocenters. The van der Waals surface area contributed by atoms with E-state index in [9.17, 15) is 40.9 Å². The van der Waals surface area contributed by atoms with Gasteiger partial charge >= 0.3 is 10.4 Å². The molecule has 1 saturated carbocycles. The Labute approximate surface area is 268 Å². The van der Waals surface area contributed by atoms with E-state index in [2.05, 4.69) is 0 Å². The summed E-state index contributed by atoms with van der Waals surface area (Å²) in [4.78, 5) is 0. The molecule has 0 aromatic carbocycles. The van der Waals surface area contributed by atoms with Crippen molar-refractivity contribution in [2.45, 2.75) is 123 Å². The number of hydrogen-bond acceptors (Lipinski definition) is 21. The van der Waals surface area contributed by atoms with Crippen molar-refractivity contribution < 1.29 is 86.8 Å². The van der Waals surface area contributed by atoms with Gasteiger partial charge in [0.25, 0.3) is 0 Å². The molecule has 0 aromatic heterocycles. The molecule has 1 aliphatic carbocycles. The molecule has 4 rings (SSSR count). The molecular formula is C23H47N5O18S. The molecule has 0 bridgehead atoms. The van der Waals surface area contributed by atoms with Gasteiger partial charge in [0, 0.05) is 12.6 Å². The van der Waals surface area contributed by atoms with Crippen LogP contribution in [-0.4, -0.2) is 194 Å². The molecular weight excluding hydrogens is 666 g/mol. The minimum atomic E-state index is -4.67. The summed E-state index contributed by atoms with van der Waals surface area (Å²) in [5.74, 6) is 0. The second-order valence-corrected chi connectivity index (χ2v) is 12.5. The molecule has 0 aromatic rings. The van der Waals surface area contributed by atoms with Crippen molar-refractivity contribution in [1.82, 2.24) is 0 Å². The Balaban J connectivity index is 0.00000111. The van der Waals surface area contributed by atoms with Crippen LogP contribution < -0.4 is 28.7 Å². The van der Waals surface area contributed by atoms with Crippen LogP contribution in [0, 0.1) is 0 Å². The van der Waals surface area contributed by atoms with E-state index < -0.39 is 140 Å². The minimum absolute atomic E-state index is 0.0330. The predicted octanol–water partition coefficient (Wildman–Crippen LogP) is -9.51. The van der Waals surface area contributed by atoms with Crippen LogP contribution in [0.15, 0.2) is 0 Å². The van der Waals surface area contributed by atoms with Crippen LogP contribution in [-0.2, 0) is 38.8 Å². The van der Waals surface area contributed by atoms with E-state index in [0.717, 1.165) is 0 Å². The van der Waals surface area contributed by atoms with Crippen molar-refractivity contribution in [3.05, 3.63) is 0 Å². The predicted molar refractivity (Wildman–Crippen MR) is 151 cm³/mol. The third-order valence-corrected chi connectivity index (χ3v) is 8.34. The van der Waals surface area contributed by atoms with Gasteiger partial charge in [-0.1, -0.05) is 0 Å². The Bertz CT molecular complexity index is 1070. The zero-order chi connectivity index (χ0) is 35.5. The number of nitrogens with two attached hydrogens (primary N) is 5. The Morgan fingerprint density at radius 2 is 1.02 bits per heavy atom. The molecule has 47 heavy (non-hydrogen) atoms. The average molecular weight is 714 g/mol. The number of hydrogen-bond donors (Lipinski definition) is 15. The maximum Gasteiger partial charge on any atom is 0.394 e. The molecule has 24 heteroatoms. The average Bonchev–Trinajstić information content (AvgIpc) is 3.30. The molecule has 4 fully saturated rings. The van der Waals surface area contributed by atoms with Gasteiger partial charge in [-0.25, -0.2) is 0 Å². The van der Waals surface area contributed by atoms with Gasteiger partial charge in [0.1, 0.15) is 67.1 Å². The lowest BCUT2D eigenvalue weighted by Crippen LogP contribution is -2.68. The lowest BCUT2D eigenvalue weighted by atomic mass is 9.84. The van der Waals surface area contributed by atoms with Gasteiger partial charge < -0.3 is 97.9 Å². The van der Waals surface area contributed by atoms with Crippen LogP contribution in [0.2, 0.25) is 0 Å². The van der Waals surface area contributed by atoms with Crippen LogP contribution >= 0.6 is 0 Å². The Hall–Kier alpha value is -0.890. The molecule has 3 heterocycles. The van der Waals surface area contributed by atoms with Crippen LogP contribution in [0.1, 0.15) is 6.42 Å². The lowest BCUT2D eigenvalue weighted by molar-refractivity contribution is -0.306. The number of ether oxygens (including phenoxy) is 6. The van der Waals surface area contributed by atoms with E-state index in [4.69, 9.17) is 74.6 Å². The molecule has 4 aliphatic rings. The van der Waals surface area contributed by atoms with E-state index >= 15 is 0 Å². The van der Waals surface area contributed by atoms with Gasteiger partial charge in [-0.15, -0.1) is 0 Å². The number of aliphatic hydroxyl groups is 8. The summed E-state index contributed by atoms with van der Waals surface area (Å²) >= 11 is 0. The standard InChI is InChI=1S/C23H45N5O14.H2O4S/c24-2-7-13(32)15(34)11(27)21(37-7)41-19-9(4-30)39-23(17(19)36)42-20-10(26)6(31)1-5(25)18(20)40-22-12(28)16(35)14(33)8(3-29)38-22;1-5(2,3)4/h5-23,29-36H,1-4,24-28H2;(H2,1,2,3,4)/t5-,6-,7-,8+,9+,10+,11+,12+,13+,14+,15+,16+,17+,18+,19?,20+,21+,22+,23-;/m0./s1. The number of rotatable bonds is 9. The highest BCUT2D eigenvalue weighted by Crippen LogP contribution is 2.34. The summed E-state index contributed by atoms with van der Waals surface area (Å²) < 4.78 is 66.1. The SMILES string of the molecule is NC[C@@H]1O[C@H](OC2[C@@H](O)[C@H](O[C@@H]3[C@H](N)[C@@H](O)C[C@H](N)[C@H]3O[C@H]3O[C@H](CO)[C@@H](O)[C@H](O)[C@H]3N)O[C@@H]2CO)[C@H](N)[C@@H](O)[C@@H]1O.O=S(=O)(O)O. The fourth-order valence-corrected chi connectivity index (χ4v) is 5.69. The molecule has 0 radical (unpaired) electrons. The van der Waals surface area contributed by atoms with Crippen LogP contribution in [0.3, 0.4) is 0 Å². The highest BCUT2D eigenvalue weighted by atomic mass is 32.3.